The minimum atomic E-state index is 0.881. The predicted molar refractivity (Wildman–Crippen MR) is 63.1 cm³/mol. The summed E-state index contributed by atoms with van der Waals surface area (Å²) in [6.07, 6.45) is 8.46. The smallest absolute Gasteiger partial charge is 0.127 e. The second-order valence-corrected chi connectivity index (χ2v) is 3.46. The van der Waals surface area contributed by atoms with Gasteiger partial charge in [0.2, 0.25) is 0 Å². The van der Waals surface area contributed by atoms with Crippen LogP contribution in [0.25, 0.3) is 0 Å². The molecule has 0 amide bonds. The molecule has 15 heavy (non-hydrogen) atoms. The van der Waals surface area contributed by atoms with E-state index < -0.39 is 0 Å². The van der Waals surface area contributed by atoms with Gasteiger partial charge in [-0.25, -0.2) is 0 Å². The van der Waals surface area contributed by atoms with Crippen LogP contribution in [0.15, 0.2) is 48.3 Å². The molecule has 0 aliphatic heterocycles. The lowest BCUT2D eigenvalue weighted by Crippen LogP contribution is -1.95. The van der Waals surface area contributed by atoms with Crippen LogP contribution < -0.4 is 10.1 Å². The molecule has 2 rings (SSSR count). The van der Waals surface area contributed by atoms with Crippen LogP contribution in [0.3, 0.4) is 0 Å². The molecule has 0 atom stereocenters. The monoisotopic (exact) mass is 201 g/mol. The Balaban J connectivity index is 2.04. The van der Waals surface area contributed by atoms with Gasteiger partial charge in [0, 0.05) is 12.7 Å². The zero-order valence-electron chi connectivity index (χ0n) is 8.86. The molecule has 0 aromatic heterocycles. The maximum Gasteiger partial charge on any atom is 0.127 e. The van der Waals surface area contributed by atoms with E-state index in [-0.39, 0.29) is 0 Å². The number of rotatable bonds is 3. The van der Waals surface area contributed by atoms with Gasteiger partial charge in [-0.3, -0.25) is 0 Å². The van der Waals surface area contributed by atoms with Crippen LogP contribution in [0.2, 0.25) is 0 Å². The summed E-state index contributed by atoms with van der Waals surface area (Å²) >= 11 is 0. The van der Waals surface area contributed by atoms with Crippen LogP contribution in [0.1, 0.15) is 12.8 Å². The first kappa shape index (κ1) is 9.84. The largest absolute Gasteiger partial charge is 0.458 e. The quantitative estimate of drug-likeness (QED) is 0.809. The van der Waals surface area contributed by atoms with E-state index in [4.69, 9.17) is 4.74 Å². The van der Waals surface area contributed by atoms with E-state index in [1.165, 1.54) is 0 Å². The second kappa shape index (κ2) is 4.69. The lowest BCUT2D eigenvalue weighted by molar-refractivity contribution is 0.439. The highest BCUT2D eigenvalue weighted by molar-refractivity contribution is 5.46. The molecular weight excluding hydrogens is 186 g/mol. The minimum absolute atomic E-state index is 0.881. The number of nitrogens with one attached hydrogen (secondary N) is 1. The number of allylic oxidation sites excluding steroid dienone is 3. The second-order valence-electron chi connectivity index (χ2n) is 3.46. The van der Waals surface area contributed by atoms with E-state index >= 15 is 0 Å². The van der Waals surface area contributed by atoms with Crippen molar-refractivity contribution < 1.29 is 4.74 Å². The first-order valence-corrected chi connectivity index (χ1v) is 5.21. The number of anilines is 1. The molecule has 1 N–H and O–H groups in total. The number of ether oxygens (including phenoxy) is 1. The summed E-state index contributed by atoms with van der Waals surface area (Å²) in [6.45, 7) is 0. The van der Waals surface area contributed by atoms with E-state index in [2.05, 4.69) is 17.5 Å². The van der Waals surface area contributed by atoms with E-state index in [9.17, 15) is 0 Å². The third-order valence-corrected chi connectivity index (χ3v) is 2.34. The highest BCUT2D eigenvalue weighted by atomic mass is 16.5. The molecule has 0 heterocycles. The molecule has 78 valence electrons. The van der Waals surface area contributed by atoms with Crippen molar-refractivity contribution in [3.63, 3.8) is 0 Å². The molecule has 0 radical (unpaired) electrons. The minimum Gasteiger partial charge on any atom is -0.458 e. The van der Waals surface area contributed by atoms with Gasteiger partial charge in [0.25, 0.3) is 0 Å². The summed E-state index contributed by atoms with van der Waals surface area (Å²) < 4.78 is 5.70. The van der Waals surface area contributed by atoms with Gasteiger partial charge in [-0.05, 0) is 49.3 Å². The van der Waals surface area contributed by atoms with Crippen LogP contribution in [-0.4, -0.2) is 7.05 Å². The molecule has 1 aliphatic carbocycles. The van der Waals surface area contributed by atoms with Crippen molar-refractivity contribution in [3.8, 4) is 5.75 Å². The van der Waals surface area contributed by atoms with Gasteiger partial charge < -0.3 is 10.1 Å². The average Bonchev–Trinajstić information content (AvgIpc) is 2.31. The Labute approximate surface area is 90.3 Å². The molecule has 2 heteroatoms. The average molecular weight is 201 g/mol. The molecule has 0 bridgehead atoms. The van der Waals surface area contributed by atoms with Crippen LogP contribution in [0.5, 0.6) is 5.75 Å². The van der Waals surface area contributed by atoms with Crippen LogP contribution in [0.4, 0.5) is 5.69 Å². The highest BCUT2D eigenvalue weighted by Crippen LogP contribution is 2.19. The fourth-order valence-electron chi connectivity index (χ4n) is 1.49. The van der Waals surface area contributed by atoms with Crippen LogP contribution in [-0.2, 0) is 0 Å². The first-order valence-electron chi connectivity index (χ1n) is 5.21. The van der Waals surface area contributed by atoms with Crippen molar-refractivity contribution in [2.45, 2.75) is 12.8 Å². The summed E-state index contributed by atoms with van der Waals surface area (Å²) in [7, 11) is 1.91. The summed E-state index contributed by atoms with van der Waals surface area (Å²) in [4.78, 5) is 0. The summed E-state index contributed by atoms with van der Waals surface area (Å²) in [6, 6.07) is 7.94. The highest BCUT2D eigenvalue weighted by Gasteiger charge is 2.00. The maximum absolute atomic E-state index is 5.70. The zero-order chi connectivity index (χ0) is 10.5. The Hall–Kier alpha value is -1.70. The van der Waals surface area contributed by atoms with Crippen molar-refractivity contribution in [2.75, 3.05) is 12.4 Å². The van der Waals surface area contributed by atoms with E-state index in [1.54, 1.807) is 0 Å². The van der Waals surface area contributed by atoms with Crippen molar-refractivity contribution in [1.29, 1.82) is 0 Å². The van der Waals surface area contributed by atoms with E-state index in [0.29, 0.717) is 0 Å². The molecule has 0 saturated carbocycles. The SMILES string of the molecule is CNc1ccc(OC2=CCCC=C2)cc1. The standard InChI is InChI=1S/C13H15NO/c1-14-11-7-9-13(10-8-11)15-12-5-3-2-4-6-12/h3,5-10,14H,2,4H2,1H3. The number of benzene rings is 1. The third kappa shape index (κ3) is 2.62. The Bertz CT molecular complexity index is 376. The van der Waals surface area contributed by atoms with Gasteiger partial charge >= 0.3 is 0 Å². The maximum atomic E-state index is 5.70. The lowest BCUT2D eigenvalue weighted by Gasteiger charge is -2.09. The van der Waals surface area contributed by atoms with Crippen molar-refractivity contribution in [3.05, 3.63) is 48.3 Å². The van der Waals surface area contributed by atoms with Crippen molar-refractivity contribution >= 4 is 5.69 Å². The van der Waals surface area contributed by atoms with Crippen LogP contribution in [0, 0.1) is 0 Å². The van der Waals surface area contributed by atoms with E-state index in [1.807, 2.05) is 37.4 Å². The van der Waals surface area contributed by atoms with Crippen LogP contribution >= 0.6 is 0 Å². The first-order chi connectivity index (χ1) is 7.38. The van der Waals surface area contributed by atoms with E-state index in [0.717, 1.165) is 30.0 Å². The topological polar surface area (TPSA) is 21.3 Å². The summed E-state index contributed by atoms with van der Waals surface area (Å²) in [5.74, 6) is 1.82. The summed E-state index contributed by atoms with van der Waals surface area (Å²) in [5, 5.41) is 3.07. The zero-order valence-corrected chi connectivity index (χ0v) is 8.86. The third-order valence-electron chi connectivity index (χ3n) is 2.34. The predicted octanol–water partition coefficient (Wildman–Crippen LogP) is 3.34. The summed E-state index contributed by atoms with van der Waals surface area (Å²) in [5.41, 5.74) is 1.09. The fraction of sp³-hybridized carbons (Fsp3) is 0.231. The Morgan fingerprint density at radius 2 is 1.93 bits per heavy atom. The van der Waals surface area contributed by atoms with Gasteiger partial charge in [0.05, 0.1) is 0 Å². The van der Waals surface area contributed by atoms with Gasteiger partial charge in [-0.15, -0.1) is 0 Å². The van der Waals surface area contributed by atoms with Gasteiger partial charge in [0.15, 0.2) is 0 Å². The van der Waals surface area contributed by atoms with Crippen molar-refractivity contribution in [1.82, 2.24) is 0 Å². The molecule has 0 saturated heterocycles. The molecule has 1 aliphatic rings. The van der Waals surface area contributed by atoms with Gasteiger partial charge in [-0.1, -0.05) is 6.08 Å². The Morgan fingerprint density at radius 1 is 1.13 bits per heavy atom. The molecule has 1 aromatic carbocycles. The lowest BCUT2D eigenvalue weighted by atomic mass is 10.2. The molecule has 1 aromatic rings. The molecular formula is C13H15NO. The number of hydrogen-bond acceptors (Lipinski definition) is 2. The fourth-order valence-corrected chi connectivity index (χ4v) is 1.49. The molecule has 0 spiro atoms. The normalized spacial score (nSPS) is 14.6. The van der Waals surface area contributed by atoms with Gasteiger partial charge in [0.1, 0.15) is 11.5 Å². The van der Waals surface area contributed by atoms with Crippen molar-refractivity contribution in [2.24, 2.45) is 0 Å². The molecule has 2 nitrogen and oxygen atoms in total. The van der Waals surface area contributed by atoms with Gasteiger partial charge in [-0.2, -0.15) is 0 Å². The molecule has 0 unspecified atom stereocenters. The Kier molecular flexibility index (Phi) is 3.08. The molecule has 0 fully saturated rings. The number of hydrogen-bond donors (Lipinski definition) is 1. The Morgan fingerprint density at radius 3 is 2.53 bits per heavy atom.